The molecule has 0 aliphatic heterocycles. The van der Waals surface area contributed by atoms with E-state index >= 15 is 0 Å². The first-order valence-corrected chi connectivity index (χ1v) is 11.8. The summed E-state index contributed by atoms with van der Waals surface area (Å²) in [7, 11) is 3.25. The van der Waals surface area contributed by atoms with Crippen LogP contribution >= 0.6 is 0 Å². The molecule has 0 bridgehead atoms. The highest BCUT2D eigenvalue weighted by Crippen LogP contribution is 2.29. The zero-order chi connectivity index (χ0) is 24.6. The Morgan fingerprint density at radius 2 is 1.79 bits per heavy atom. The Hall–Kier alpha value is -3.10. The van der Waals surface area contributed by atoms with Gasteiger partial charge in [-0.05, 0) is 23.6 Å². The van der Waals surface area contributed by atoms with Gasteiger partial charge in [-0.3, -0.25) is 0 Å². The molecule has 34 heavy (non-hydrogen) atoms. The summed E-state index contributed by atoms with van der Waals surface area (Å²) in [5.74, 6) is -0.554. The average molecular weight is 467 g/mol. The summed E-state index contributed by atoms with van der Waals surface area (Å²) in [4.78, 5) is 20.4. The molecule has 1 aromatic carbocycles. The molecular weight excluding hydrogens is 432 g/mol. The first kappa shape index (κ1) is 25.5. The molecule has 0 spiro atoms. The minimum Gasteiger partial charge on any atom is -0.476 e. The van der Waals surface area contributed by atoms with Crippen molar-refractivity contribution >= 4 is 5.97 Å². The third kappa shape index (κ3) is 5.69. The van der Waals surface area contributed by atoms with E-state index < -0.39 is 11.8 Å². The molecule has 3 aromatic rings. The van der Waals surface area contributed by atoms with Gasteiger partial charge in [0.25, 0.3) is 0 Å². The van der Waals surface area contributed by atoms with Crippen LogP contribution in [0.5, 0.6) is 0 Å². The Labute approximate surface area is 201 Å². The van der Waals surface area contributed by atoms with Gasteiger partial charge in [-0.15, -0.1) is 5.10 Å². The topological polar surface area (TPSA) is 99.4 Å². The SMILES string of the molecule is CCCCCc1nc(C(CCC)(OC)OC)nn1Cc1ccc(-c2cccnc2C(=O)O)cc1. The molecule has 182 valence electrons. The molecule has 0 saturated carbocycles. The van der Waals surface area contributed by atoms with E-state index in [0.717, 1.165) is 49.1 Å². The lowest BCUT2D eigenvalue weighted by Gasteiger charge is -2.27. The molecule has 0 aliphatic carbocycles. The van der Waals surface area contributed by atoms with Crippen molar-refractivity contribution in [1.82, 2.24) is 19.7 Å². The van der Waals surface area contributed by atoms with Gasteiger partial charge in [-0.2, -0.15) is 0 Å². The highest BCUT2D eigenvalue weighted by molar-refractivity contribution is 5.93. The van der Waals surface area contributed by atoms with Crippen molar-refractivity contribution in [3.8, 4) is 11.1 Å². The molecule has 8 nitrogen and oxygen atoms in total. The minimum atomic E-state index is -1.04. The van der Waals surface area contributed by atoms with E-state index in [2.05, 4.69) is 18.8 Å². The maximum atomic E-state index is 11.5. The average Bonchev–Trinajstić information content (AvgIpc) is 3.26. The van der Waals surface area contributed by atoms with Gasteiger partial charge in [0, 0.05) is 38.8 Å². The molecule has 8 heteroatoms. The third-order valence-corrected chi connectivity index (χ3v) is 5.94. The van der Waals surface area contributed by atoms with Gasteiger partial charge >= 0.3 is 5.97 Å². The van der Waals surface area contributed by atoms with E-state index in [1.165, 1.54) is 6.20 Å². The first-order chi connectivity index (χ1) is 16.5. The number of carboxylic acid groups (broad SMARTS) is 1. The summed E-state index contributed by atoms with van der Waals surface area (Å²) in [6.07, 6.45) is 7.13. The number of hydrogen-bond donors (Lipinski definition) is 1. The standard InChI is InChI=1S/C26H34N4O4/c1-5-7-8-11-22-28-25(26(33-3,34-4)16-6-2)29-30(22)18-19-12-14-20(15-13-19)21-10-9-17-27-23(21)24(31)32/h9-10,12-15,17H,5-8,11,16,18H2,1-4H3,(H,31,32). The van der Waals surface area contributed by atoms with Gasteiger partial charge in [-0.1, -0.05) is 63.4 Å². The van der Waals surface area contributed by atoms with Gasteiger partial charge in [0.2, 0.25) is 11.6 Å². The van der Waals surface area contributed by atoms with E-state index in [4.69, 9.17) is 19.6 Å². The Morgan fingerprint density at radius 3 is 2.41 bits per heavy atom. The highest BCUT2D eigenvalue weighted by Gasteiger charge is 2.36. The maximum Gasteiger partial charge on any atom is 0.355 e. The van der Waals surface area contributed by atoms with Crippen LogP contribution in [0.2, 0.25) is 0 Å². The van der Waals surface area contributed by atoms with E-state index in [1.54, 1.807) is 26.4 Å². The number of aryl methyl sites for hydroxylation is 1. The number of carboxylic acids is 1. The molecular formula is C26H34N4O4. The zero-order valence-electron chi connectivity index (χ0n) is 20.5. The summed E-state index contributed by atoms with van der Waals surface area (Å²) in [6, 6.07) is 11.3. The predicted octanol–water partition coefficient (Wildman–Crippen LogP) is 5.07. The van der Waals surface area contributed by atoms with Crippen LogP contribution in [0.4, 0.5) is 0 Å². The number of carbonyl (C=O) groups is 1. The van der Waals surface area contributed by atoms with Crippen LogP contribution in [0.15, 0.2) is 42.6 Å². The number of benzene rings is 1. The van der Waals surface area contributed by atoms with Crippen LogP contribution in [-0.2, 0) is 28.2 Å². The minimum absolute atomic E-state index is 0.0424. The Kier molecular flexibility index (Phi) is 8.90. The Bertz CT molecular complexity index is 1070. The molecule has 0 radical (unpaired) electrons. The molecule has 0 saturated heterocycles. The number of ether oxygens (including phenoxy) is 2. The molecule has 0 atom stereocenters. The van der Waals surface area contributed by atoms with Crippen LogP contribution in [0, 0.1) is 0 Å². The molecule has 0 amide bonds. The second-order valence-electron chi connectivity index (χ2n) is 8.28. The smallest absolute Gasteiger partial charge is 0.355 e. The van der Waals surface area contributed by atoms with Gasteiger partial charge in [-0.25, -0.2) is 19.4 Å². The second-order valence-corrected chi connectivity index (χ2v) is 8.28. The van der Waals surface area contributed by atoms with Crippen molar-refractivity contribution in [2.75, 3.05) is 14.2 Å². The fourth-order valence-corrected chi connectivity index (χ4v) is 4.06. The number of rotatable bonds is 13. The van der Waals surface area contributed by atoms with Gasteiger partial charge in [0.15, 0.2) is 5.69 Å². The Morgan fingerprint density at radius 1 is 1.06 bits per heavy atom. The molecule has 0 fully saturated rings. The highest BCUT2D eigenvalue weighted by atomic mass is 16.7. The number of hydrogen-bond acceptors (Lipinski definition) is 6. The van der Waals surface area contributed by atoms with Crippen LogP contribution < -0.4 is 0 Å². The van der Waals surface area contributed by atoms with Crippen LogP contribution in [0.25, 0.3) is 11.1 Å². The number of methoxy groups -OCH3 is 2. The van der Waals surface area contributed by atoms with E-state index in [1.807, 2.05) is 28.9 Å². The molecule has 1 N–H and O–H groups in total. The normalized spacial score (nSPS) is 11.6. The fourth-order valence-electron chi connectivity index (χ4n) is 4.06. The maximum absolute atomic E-state index is 11.5. The Balaban J connectivity index is 1.90. The number of unbranched alkanes of at least 4 members (excludes halogenated alkanes) is 2. The predicted molar refractivity (Wildman–Crippen MR) is 130 cm³/mol. The van der Waals surface area contributed by atoms with Crippen LogP contribution in [0.1, 0.15) is 73.7 Å². The van der Waals surface area contributed by atoms with Crippen molar-refractivity contribution in [2.24, 2.45) is 0 Å². The van der Waals surface area contributed by atoms with Crippen molar-refractivity contribution in [3.05, 3.63) is 65.5 Å². The third-order valence-electron chi connectivity index (χ3n) is 5.94. The lowest BCUT2D eigenvalue weighted by molar-refractivity contribution is -0.225. The molecule has 0 aliphatic rings. The van der Waals surface area contributed by atoms with E-state index in [-0.39, 0.29) is 5.69 Å². The first-order valence-electron chi connectivity index (χ1n) is 11.8. The van der Waals surface area contributed by atoms with Gasteiger partial charge in [0.05, 0.1) is 6.54 Å². The monoisotopic (exact) mass is 466 g/mol. The largest absolute Gasteiger partial charge is 0.476 e. The summed E-state index contributed by atoms with van der Waals surface area (Å²) < 4.78 is 13.4. The van der Waals surface area contributed by atoms with E-state index in [9.17, 15) is 9.90 Å². The summed E-state index contributed by atoms with van der Waals surface area (Å²) in [6.45, 7) is 4.80. The van der Waals surface area contributed by atoms with Crippen LogP contribution in [0.3, 0.4) is 0 Å². The second kappa shape index (κ2) is 11.9. The summed E-state index contributed by atoms with van der Waals surface area (Å²) >= 11 is 0. The number of pyridine rings is 1. The quantitative estimate of drug-likeness (QED) is 0.277. The number of nitrogens with zero attached hydrogens (tertiary/aromatic N) is 4. The van der Waals surface area contributed by atoms with Crippen molar-refractivity contribution < 1.29 is 19.4 Å². The van der Waals surface area contributed by atoms with Crippen molar-refractivity contribution in [2.45, 2.75) is 64.7 Å². The van der Waals surface area contributed by atoms with Gasteiger partial charge in [0.1, 0.15) is 5.82 Å². The molecule has 0 unspecified atom stereocenters. The lowest BCUT2D eigenvalue weighted by atomic mass is 10.0. The summed E-state index contributed by atoms with van der Waals surface area (Å²) in [5, 5.41) is 14.2. The van der Waals surface area contributed by atoms with Crippen molar-refractivity contribution in [3.63, 3.8) is 0 Å². The summed E-state index contributed by atoms with van der Waals surface area (Å²) in [5.41, 5.74) is 2.47. The molecule has 2 aromatic heterocycles. The van der Waals surface area contributed by atoms with Crippen molar-refractivity contribution in [1.29, 1.82) is 0 Å². The molecule has 3 rings (SSSR count). The van der Waals surface area contributed by atoms with Crippen LogP contribution in [-0.4, -0.2) is 45.0 Å². The zero-order valence-corrected chi connectivity index (χ0v) is 20.5. The number of aromatic nitrogens is 4. The lowest BCUT2D eigenvalue weighted by Crippen LogP contribution is -2.32. The fraction of sp³-hybridized carbons (Fsp3) is 0.462. The van der Waals surface area contributed by atoms with Gasteiger partial charge < -0.3 is 14.6 Å². The molecule has 2 heterocycles. The van der Waals surface area contributed by atoms with E-state index in [0.29, 0.717) is 24.4 Å². The number of aromatic carboxylic acids is 1.